The molecule has 1 atom stereocenters. The molecule has 0 radical (unpaired) electrons. The maximum absolute atomic E-state index is 12.1. The largest absolute Gasteiger partial charge is 0.383 e. The van der Waals surface area contributed by atoms with Crippen LogP contribution in [-0.2, 0) is 7.05 Å². The fourth-order valence-electron chi connectivity index (χ4n) is 2.00. The fraction of sp³-hybridized carbons (Fsp3) is 0.600. The van der Waals surface area contributed by atoms with Crippen LogP contribution in [0.1, 0.15) is 30.1 Å². The predicted octanol–water partition coefficient (Wildman–Crippen LogP) is 0.627. The lowest BCUT2D eigenvalue weighted by Crippen LogP contribution is -2.33. The summed E-state index contributed by atoms with van der Waals surface area (Å²) in [6.07, 6.45) is 3.70. The van der Waals surface area contributed by atoms with Crippen LogP contribution in [0.15, 0.2) is 6.20 Å². The van der Waals surface area contributed by atoms with E-state index in [1.54, 1.807) is 13.2 Å². The van der Waals surface area contributed by atoms with Crippen molar-refractivity contribution < 1.29 is 4.79 Å². The van der Waals surface area contributed by atoms with Gasteiger partial charge >= 0.3 is 0 Å². The molecule has 0 bridgehead atoms. The van der Waals surface area contributed by atoms with Crippen LogP contribution >= 0.6 is 0 Å². The van der Waals surface area contributed by atoms with Gasteiger partial charge in [-0.25, -0.2) is 0 Å². The van der Waals surface area contributed by atoms with Crippen molar-refractivity contribution in [1.29, 1.82) is 0 Å². The summed E-state index contributed by atoms with van der Waals surface area (Å²) in [6.45, 7) is 2.89. The van der Waals surface area contributed by atoms with Gasteiger partial charge < -0.3 is 10.6 Å². The Morgan fingerprint density at radius 3 is 2.87 bits per heavy atom. The molecule has 1 amide bonds. The Kier molecular flexibility index (Phi) is 2.38. The van der Waals surface area contributed by atoms with Crippen LogP contribution in [0.4, 0.5) is 5.82 Å². The highest BCUT2D eigenvalue weighted by Gasteiger charge is 2.28. The summed E-state index contributed by atoms with van der Waals surface area (Å²) in [5.74, 6) is 0.449. The molecule has 2 heterocycles. The minimum atomic E-state index is 0.00519. The molecule has 0 aromatic carbocycles. The normalized spacial score (nSPS) is 20.9. The molecule has 82 valence electrons. The van der Waals surface area contributed by atoms with Crippen LogP contribution in [0.3, 0.4) is 0 Å². The Morgan fingerprint density at radius 1 is 1.67 bits per heavy atom. The molecule has 5 nitrogen and oxygen atoms in total. The first-order chi connectivity index (χ1) is 7.11. The lowest BCUT2D eigenvalue weighted by molar-refractivity contribution is 0.0748. The number of aromatic nitrogens is 2. The molecular weight excluding hydrogens is 192 g/mol. The van der Waals surface area contributed by atoms with E-state index < -0.39 is 0 Å². The number of nitrogen functional groups attached to an aromatic ring is 1. The number of hydrogen-bond acceptors (Lipinski definition) is 3. The van der Waals surface area contributed by atoms with Crippen LogP contribution in [0.2, 0.25) is 0 Å². The molecule has 1 aromatic heterocycles. The topological polar surface area (TPSA) is 64.2 Å². The number of nitrogens with two attached hydrogens (primary N) is 1. The quantitative estimate of drug-likeness (QED) is 0.736. The average Bonchev–Trinajstić information content (AvgIpc) is 2.75. The molecule has 0 aliphatic carbocycles. The molecule has 1 fully saturated rings. The van der Waals surface area contributed by atoms with Gasteiger partial charge in [-0.15, -0.1) is 0 Å². The Bertz CT molecular complexity index is 385. The summed E-state index contributed by atoms with van der Waals surface area (Å²) in [5.41, 5.74) is 6.29. The second-order valence-corrected chi connectivity index (χ2v) is 4.06. The number of amides is 1. The van der Waals surface area contributed by atoms with Gasteiger partial charge in [0.2, 0.25) is 0 Å². The van der Waals surface area contributed by atoms with E-state index in [4.69, 9.17) is 5.73 Å². The van der Waals surface area contributed by atoms with Crippen LogP contribution in [0.25, 0.3) is 0 Å². The van der Waals surface area contributed by atoms with E-state index >= 15 is 0 Å². The SMILES string of the molecule is CC1CCCN1C(=O)c1cnn(C)c1N. The van der Waals surface area contributed by atoms with E-state index in [9.17, 15) is 4.79 Å². The van der Waals surface area contributed by atoms with Gasteiger partial charge in [0.05, 0.1) is 6.20 Å². The fourth-order valence-corrected chi connectivity index (χ4v) is 2.00. The lowest BCUT2D eigenvalue weighted by atomic mass is 10.2. The van der Waals surface area contributed by atoms with Gasteiger partial charge in [-0.1, -0.05) is 0 Å². The Morgan fingerprint density at radius 2 is 2.40 bits per heavy atom. The van der Waals surface area contributed by atoms with Gasteiger partial charge in [0.15, 0.2) is 0 Å². The van der Waals surface area contributed by atoms with Crippen LogP contribution in [-0.4, -0.2) is 33.2 Å². The highest BCUT2D eigenvalue weighted by molar-refractivity contribution is 5.98. The monoisotopic (exact) mass is 208 g/mol. The molecule has 15 heavy (non-hydrogen) atoms. The van der Waals surface area contributed by atoms with E-state index in [0.29, 0.717) is 17.4 Å². The first-order valence-electron chi connectivity index (χ1n) is 5.19. The number of carbonyl (C=O) groups is 1. The molecule has 1 aliphatic rings. The Hall–Kier alpha value is -1.52. The smallest absolute Gasteiger partial charge is 0.259 e. The molecule has 0 saturated carbocycles. The third-order valence-electron chi connectivity index (χ3n) is 3.03. The predicted molar refractivity (Wildman–Crippen MR) is 57.4 cm³/mol. The summed E-state index contributed by atoms with van der Waals surface area (Å²) in [6, 6.07) is 0.317. The minimum absolute atomic E-state index is 0.00519. The van der Waals surface area contributed by atoms with Crippen LogP contribution in [0, 0.1) is 0 Å². The van der Waals surface area contributed by atoms with Gasteiger partial charge in [0, 0.05) is 19.6 Å². The third-order valence-corrected chi connectivity index (χ3v) is 3.03. The first-order valence-corrected chi connectivity index (χ1v) is 5.19. The number of nitrogens with zero attached hydrogens (tertiary/aromatic N) is 3. The number of aryl methyl sites for hydroxylation is 1. The minimum Gasteiger partial charge on any atom is -0.383 e. The zero-order valence-electron chi connectivity index (χ0n) is 9.10. The van der Waals surface area contributed by atoms with Crippen molar-refractivity contribution in [3.05, 3.63) is 11.8 Å². The lowest BCUT2D eigenvalue weighted by Gasteiger charge is -2.20. The van der Waals surface area contributed by atoms with Gasteiger partial charge in [0.25, 0.3) is 5.91 Å². The van der Waals surface area contributed by atoms with E-state index in [2.05, 4.69) is 12.0 Å². The summed E-state index contributed by atoms with van der Waals surface area (Å²) >= 11 is 0. The first kappa shape index (κ1) is 10.0. The standard InChI is InChI=1S/C10H16N4O/c1-7-4-3-5-14(7)10(15)8-6-12-13(2)9(8)11/h6-7H,3-5,11H2,1-2H3. The molecule has 1 aromatic rings. The van der Waals surface area contributed by atoms with Crippen molar-refractivity contribution in [3.8, 4) is 0 Å². The summed E-state index contributed by atoms with van der Waals surface area (Å²) in [5, 5.41) is 3.98. The van der Waals surface area contributed by atoms with Crippen molar-refractivity contribution in [3.63, 3.8) is 0 Å². The van der Waals surface area contributed by atoms with Gasteiger partial charge in [-0.3, -0.25) is 9.48 Å². The molecule has 2 rings (SSSR count). The average molecular weight is 208 g/mol. The maximum atomic E-state index is 12.1. The van der Waals surface area contributed by atoms with E-state index in [0.717, 1.165) is 19.4 Å². The van der Waals surface area contributed by atoms with Gasteiger partial charge in [0.1, 0.15) is 11.4 Å². The van der Waals surface area contributed by atoms with Crippen molar-refractivity contribution in [1.82, 2.24) is 14.7 Å². The molecule has 1 saturated heterocycles. The van der Waals surface area contributed by atoms with Crippen molar-refractivity contribution in [2.75, 3.05) is 12.3 Å². The molecule has 2 N–H and O–H groups in total. The van der Waals surface area contributed by atoms with Crippen molar-refractivity contribution in [2.45, 2.75) is 25.8 Å². The van der Waals surface area contributed by atoms with Gasteiger partial charge in [-0.2, -0.15) is 5.10 Å². The zero-order chi connectivity index (χ0) is 11.0. The highest BCUT2D eigenvalue weighted by atomic mass is 16.2. The van der Waals surface area contributed by atoms with Crippen LogP contribution < -0.4 is 5.73 Å². The zero-order valence-corrected chi connectivity index (χ0v) is 9.10. The highest BCUT2D eigenvalue weighted by Crippen LogP contribution is 2.21. The Labute approximate surface area is 88.8 Å². The number of hydrogen-bond donors (Lipinski definition) is 1. The third kappa shape index (κ3) is 1.58. The van der Waals surface area contributed by atoms with E-state index in [1.165, 1.54) is 4.68 Å². The van der Waals surface area contributed by atoms with E-state index in [-0.39, 0.29) is 5.91 Å². The number of anilines is 1. The Balaban J connectivity index is 2.24. The molecule has 1 aliphatic heterocycles. The van der Waals surface area contributed by atoms with Crippen molar-refractivity contribution >= 4 is 11.7 Å². The second-order valence-electron chi connectivity index (χ2n) is 4.06. The van der Waals surface area contributed by atoms with Crippen molar-refractivity contribution in [2.24, 2.45) is 7.05 Å². The molecular formula is C10H16N4O. The molecule has 5 heteroatoms. The number of rotatable bonds is 1. The summed E-state index contributed by atoms with van der Waals surface area (Å²) in [7, 11) is 1.74. The summed E-state index contributed by atoms with van der Waals surface area (Å²) in [4.78, 5) is 14.0. The van der Waals surface area contributed by atoms with Gasteiger partial charge in [-0.05, 0) is 19.8 Å². The number of carbonyl (C=O) groups excluding carboxylic acids is 1. The summed E-state index contributed by atoms with van der Waals surface area (Å²) < 4.78 is 1.52. The molecule has 0 spiro atoms. The maximum Gasteiger partial charge on any atom is 0.259 e. The molecule has 1 unspecified atom stereocenters. The second kappa shape index (κ2) is 3.56. The number of likely N-dealkylation sites (tertiary alicyclic amines) is 1. The van der Waals surface area contributed by atoms with E-state index in [1.807, 2.05) is 4.90 Å². The van der Waals surface area contributed by atoms with Crippen LogP contribution in [0.5, 0.6) is 0 Å².